The summed E-state index contributed by atoms with van der Waals surface area (Å²) in [5.41, 5.74) is 0.618. The third-order valence-corrected chi connectivity index (χ3v) is 4.35. The summed E-state index contributed by atoms with van der Waals surface area (Å²) in [5.74, 6) is 1.16. The summed E-state index contributed by atoms with van der Waals surface area (Å²) in [4.78, 5) is 12.7. The summed E-state index contributed by atoms with van der Waals surface area (Å²) in [5, 5.41) is 3.31. The molecule has 1 unspecified atom stereocenters. The van der Waals surface area contributed by atoms with Crippen molar-refractivity contribution in [2.45, 2.75) is 38.7 Å². The normalized spacial score (nSPS) is 26.4. The molecule has 1 aliphatic carbocycles. The van der Waals surface area contributed by atoms with E-state index in [1.54, 1.807) is 0 Å². The summed E-state index contributed by atoms with van der Waals surface area (Å²) < 4.78 is 5.71. The lowest BCUT2D eigenvalue weighted by atomic mass is 9.77. The average Bonchev–Trinajstić information content (AvgIpc) is 3.13. The molecule has 0 aromatic heterocycles. The van der Waals surface area contributed by atoms with Crippen LogP contribution in [-0.4, -0.2) is 25.0 Å². The first kappa shape index (κ1) is 12.7. The van der Waals surface area contributed by atoms with Crippen LogP contribution in [0.1, 0.15) is 43.0 Å². The Morgan fingerprint density at radius 3 is 2.63 bits per heavy atom. The number of hydrogen-bond donors (Lipinski definition) is 1. The fraction of sp³-hybridized carbons (Fsp3) is 0.562. The van der Waals surface area contributed by atoms with Gasteiger partial charge in [-0.05, 0) is 56.5 Å². The van der Waals surface area contributed by atoms with Gasteiger partial charge in [0.1, 0.15) is 5.75 Å². The van der Waals surface area contributed by atoms with Crippen LogP contribution in [0.4, 0.5) is 0 Å². The van der Waals surface area contributed by atoms with Gasteiger partial charge in [0.15, 0.2) is 5.78 Å². The molecule has 2 fully saturated rings. The molecule has 1 aromatic carbocycles. The maximum Gasteiger partial charge on any atom is 0.170 e. The number of nitrogens with one attached hydrogen (secondary N) is 1. The Morgan fingerprint density at radius 2 is 2.11 bits per heavy atom. The molecule has 1 aromatic rings. The number of hydrogen-bond acceptors (Lipinski definition) is 3. The number of rotatable bonds is 5. The number of Topliss-reactive ketones (excluding diaryl/α,β-unsaturated/α-hetero) is 1. The van der Waals surface area contributed by atoms with Crippen LogP contribution < -0.4 is 10.1 Å². The van der Waals surface area contributed by atoms with E-state index in [1.165, 1.54) is 0 Å². The van der Waals surface area contributed by atoms with E-state index in [1.807, 2.05) is 24.3 Å². The van der Waals surface area contributed by atoms with Crippen molar-refractivity contribution in [3.05, 3.63) is 29.8 Å². The van der Waals surface area contributed by atoms with Crippen LogP contribution >= 0.6 is 0 Å². The molecule has 3 nitrogen and oxygen atoms in total. The van der Waals surface area contributed by atoms with Crippen molar-refractivity contribution in [3.8, 4) is 5.75 Å². The van der Waals surface area contributed by atoms with Gasteiger partial charge in [-0.1, -0.05) is 6.92 Å². The fourth-order valence-corrected chi connectivity index (χ4v) is 2.77. The van der Waals surface area contributed by atoms with Crippen molar-refractivity contribution >= 4 is 5.78 Å². The highest BCUT2D eigenvalue weighted by atomic mass is 16.5. The van der Waals surface area contributed by atoms with Crippen LogP contribution in [0.3, 0.4) is 0 Å². The van der Waals surface area contributed by atoms with Gasteiger partial charge in [0.2, 0.25) is 0 Å². The van der Waals surface area contributed by atoms with Crippen LogP contribution in [0.25, 0.3) is 0 Å². The SMILES string of the molecule is CCC1(C(=O)c2ccc(OC3CC3)cc2)CCNC1. The van der Waals surface area contributed by atoms with E-state index in [-0.39, 0.29) is 11.2 Å². The van der Waals surface area contributed by atoms with Crippen molar-refractivity contribution in [3.63, 3.8) is 0 Å². The molecule has 1 atom stereocenters. The van der Waals surface area contributed by atoms with Crippen LogP contribution in [-0.2, 0) is 0 Å². The molecule has 2 aliphatic rings. The van der Waals surface area contributed by atoms with Gasteiger partial charge in [-0.25, -0.2) is 0 Å². The number of ether oxygens (including phenoxy) is 1. The van der Waals surface area contributed by atoms with E-state index < -0.39 is 0 Å². The molecule has 1 saturated heterocycles. The number of benzene rings is 1. The first-order valence-electron chi connectivity index (χ1n) is 7.26. The zero-order valence-electron chi connectivity index (χ0n) is 11.4. The summed E-state index contributed by atoms with van der Waals surface area (Å²) >= 11 is 0. The molecule has 0 radical (unpaired) electrons. The molecule has 1 saturated carbocycles. The van der Waals surface area contributed by atoms with E-state index in [4.69, 9.17) is 4.74 Å². The van der Waals surface area contributed by atoms with Crippen LogP contribution in [0.5, 0.6) is 5.75 Å². The van der Waals surface area contributed by atoms with E-state index in [0.29, 0.717) is 6.10 Å². The van der Waals surface area contributed by atoms with Crippen molar-refractivity contribution in [1.29, 1.82) is 0 Å². The first-order valence-corrected chi connectivity index (χ1v) is 7.26. The molecule has 1 N–H and O–H groups in total. The Bertz CT molecular complexity index is 456. The van der Waals surface area contributed by atoms with Gasteiger partial charge in [-0.3, -0.25) is 4.79 Å². The average molecular weight is 259 g/mol. The summed E-state index contributed by atoms with van der Waals surface area (Å²) in [7, 11) is 0. The van der Waals surface area contributed by atoms with Crippen molar-refractivity contribution < 1.29 is 9.53 Å². The second kappa shape index (κ2) is 4.97. The topological polar surface area (TPSA) is 38.3 Å². The minimum Gasteiger partial charge on any atom is -0.490 e. The zero-order chi connectivity index (χ0) is 13.3. The lowest BCUT2D eigenvalue weighted by molar-refractivity contribution is 0.0810. The van der Waals surface area contributed by atoms with Gasteiger partial charge in [0, 0.05) is 17.5 Å². The molecule has 0 spiro atoms. The van der Waals surface area contributed by atoms with E-state index in [0.717, 1.165) is 50.1 Å². The van der Waals surface area contributed by atoms with Crippen LogP contribution in [0.15, 0.2) is 24.3 Å². The molecular weight excluding hydrogens is 238 g/mol. The second-order valence-electron chi connectivity index (χ2n) is 5.73. The largest absolute Gasteiger partial charge is 0.490 e. The zero-order valence-corrected chi connectivity index (χ0v) is 11.4. The quantitative estimate of drug-likeness (QED) is 0.826. The monoisotopic (exact) mass is 259 g/mol. The van der Waals surface area contributed by atoms with Gasteiger partial charge in [-0.15, -0.1) is 0 Å². The van der Waals surface area contributed by atoms with Gasteiger partial charge in [-0.2, -0.15) is 0 Å². The third kappa shape index (κ3) is 2.52. The summed E-state index contributed by atoms with van der Waals surface area (Å²) in [6.07, 6.45) is 4.57. The smallest absolute Gasteiger partial charge is 0.170 e. The molecule has 0 bridgehead atoms. The van der Waals surface area contributed by atoms with Crippen LogP contribution in [0, 0.1) is 5.41 Å². The van der Waals surface area contributed by atoms with Gasteiger partial charge in [0.05, 0.1) is 6.10 Å². The maximum atomic E-state index is 12.7. The molecule has 3 heteroatoms. The minimum atomic E-state index is -0.196. The molecule has 19 heavy (non-hydrogen) atoms. The standard InChI is InChI=1S/C16H21NO2/c1-2-16(9-10-17-11-16)15(18)12-3-5-13(6-4-12)19-14-7-8-14/h3-6,14,17H,2,7-11H2,1H3. The van der Waals surface area contributed by atoms with E-state index >= 15 is 0 Å². The third-order valence-electron chi connectivity index (χ3n) is 4.35. The number of carbonyl (C=O) groups excluding carboxylic acids is 1. The molecular formula is C16H21NO2. The van der Waals surface area contributed by atoms with Gasteiger partial charge in [0.25, 0.3) is 0 Å². The lowest BCUT2D eigenvalue weighted by Gasteiger charge is -2.24. The molecule has 3 rings (SSSR count). The minimum absolute atomic E-state index is 0.196. The Kier molecular flexibility index (Phi) is 3.31. The molecule has 102 valence electrons. The molecule has 1 heterocycles. The Balaban J connectivity index is 1.75. The van der Waals surface area contributed by atoms with Crippen molar-refractivity contribution in [2.24, 2.45) is 5.41 Å². The van der Waals surface area contributed by atoms with E-state index in [2.05, 4.69) is 12.2 Å². The Hall–Kier alpha value is -1.35. The molecule has 1 aliphatic heterocycles. The lowest BCUT2D eigenvalue weighted by Crippen LogP contribution is -2.32. The molecule has 0 amide bonds. The van der Waals surface area contributed by atoms with Gasteiger partial charge >= 0.3 is 0 Å². The summed E-state index contributed by atoms with van der Waals surface area (Å²) in [6, 6.07) is 7.68. The predicted molar refractivity (Wildman–Crippen MR) is 74.6 cm³/mol. The maximum absolute atomic E-state index is 12.7. The highest BCUT2D eigenvalue weighted by molar-refractivity contribution is 6.01. The van der Waals surface area contributed by atoms with Crippen LogP contribution in [0.2, 0.25) is 0 Å². The highest BCUT2D eigenvalue weighted by Gasteiger charge is 2.39. The van der Waals surface area contributed by atoms with Crippen molar-refractivity contribution in [1.82, 2.24) is 5.32 Å². The number of carbonyl (C=O) groups is 1. The Morgan fingerprint density at radius 1 is 1.37 bits per heavy atom. The second-order valence-corrected chi connectivity index (χ2v) is 5.73. The van der Waals surface area contributed by atoms with Gasteiger partial charge < -0.3 is 10.1 Å². The highest BCUT2D eigenvalue weighted by Crippen LogP contribution is 2.34. The van der Waals surface area contributed by atoms with E-state index in [9.17, 15) is 4.79 Å². The number of ketones is 1. The van der Waals surface area contributed by atoms with Crippen molar-refractivity contribution in [2.75, 3.05) is 13.1 Å². The summed E-state index contributed by atoms with van der Waals surface area (Å²) in [6.45, 7) is 3.86. The fourth-order valence-electron chi connectivity index (χ4n) is 2.77. The first-order chi connectivity index (χ1) is 9.23. The predicted octanol–water partition coefficient (Wildman–Crippen LogP) is 2.80. The Labute approximate surface area is 114 Å².